The minimum atomic E-state index is -0.516. The second-order valence-electron chi connectivity index (χ2n) is 4.20. The quantitative estimate of drug-likeness (QED) is 0.885. The van der Waals surface area contributed by atoms with Crippen LogP contribution in [-0.4, -0.2) is 31.0 Å². The highest BCUT2D eigenvalue weighted by atomic mass is 35.5. The van der Waals surface area contributed by atoms with Crippen molar-refractivity contribution in [3.8, 4) is 11.1 Å². The molecule has 0 saturated carbocycles. The molecule has 0 radical (unpaired) electrons. The van der Waals surface area contributed by atoms with Crippen LogP contribution in [0.5, 0.6) is 0 Å². The van der Waals surface area contributed by atoms with E-state index in [9.17, 15) is 9.59 Å². The normalized spacial score (nSPS) is 10.0. The molecule has 0 aliphatic heterocycles. The summed E-state index contributed by atoms with van der Waals surface area (Å²) in [5.41, 5.74) is 2.07. The van der Waals surface area contributed by atoms with Gasteiger partial charge in [0.05, 0.1) is 17.7 Å². The largest absolute Gasteiger partial charge is 0.464 e. The lowest BCUT2D eigenvalue weighted by Gasteiger charge is -2.08. The molecule has 5 nitrogen and oxygen atoms in total. The van der Waals surface area contributed by atoms with E-state index in [0.717, 1.165) is 11.1 Å². The fraction of sp³-hybridized carbons (Fsp3) is 0.133. The third-order valence-corrected chi connectivity index (χ3v) is 3.26. The highest BCUT2D eigenvalue weighted by molar-refractivity contribution is 6.34. The maximum atomic E-state index is 11.8. The number of nitrogens with zero attached hydrogens (tertiary/aromatic N) is 1. The number of hydrogen-bond donors (Lipinski definition) is 1. The van der Waals surface area contributed by atoms with Crippen LogP contribution in [-0.2, 0) is 4.74 Å². The van der Waals surface area contributed by atoms with Crippen LogP contribution in [0.3, 0.4) is 0 Å². The van der Waals surface area contributed by atoms with Crippen LogP contribution in [0.1, 0.15) is 20.8 Å². The van der Waals surface area contributed by atoms with E-state index in [1.54, 1.807) is 30.3 Å². The van der Waals surface area contributed by atoms with Gasteiger partial charge in [-0.15, -0.1) is 0 Å². The van der Waals surface area contributed by atoms with E-state index in [1.807, 2.05) is 0 Å². The van der Waals surface area contributed by atoms with Gasteiger partial charge in [0, 0.05) is 13.2 Å². The van der Waals surface area contributed by atoms with Gasteiger partial charge in [-0.1, -0.05) is 17.7 Å². The van der Waals surface area contributed by atoms with Crippen molar-refractivity contribution in [1.29, 1.82) is 0 Å². The molecule has 0 aliphatic carbocycles. The smallest absolute Gasteiger partial charge is 0.356 e. The van der Waals surface area contributed by atoms with E-state index in [0.29, 0.717) is 10.6 Å². The van der Waals surface area contributed by atoms with Crippen LogP contribution in [0.15, 0.2) is 36.5 Å². The number of pyridine rings is 1. The predicted molar refractivity (Wildman–Crippen MR) is 79.4 cm³/mol. The third-order valence-electron chi connectivity index (χ3n) is 2.93. The average Bonchev–Trinajstić information content (AvgIpc) is 2.54. The Morgan fingerprint density at radius 3 is 2.57 bits per heavy atom. The second kappa shape index (κ2) is 6.37. The number of aromatic nitrogens is 1. The number of hydrogen-bond acceptors (Lipinski definition) is 4. The summed E-state index contributed by atoms with van der Waals surface area (Å²) < 4.78 is 4.64. The van der Waals surface area contributed by atoms with Crippen molar-refractivity contribution in [3.63, 3.8) is 0 Å². The lowest BCUT2D eigenvalue weighted by Crippen LogP contribution is -2.18. The maximum absolute atomic E-state index is 11.8. The van der Waals surface area contributed by atoms with Crippen molar-refractivity contribution in [1.82, 2.24) is 10.3 Å². The van der Waals surface area contributed by atoms with Gasteiger partial charge in [0.2, 0.25) is 0 Å². The zero-order chi connectivity index (χ0) is 15.4. The van der Waals surface area contributed by atoms with Crippen molar-refractivity contribution in [3.05, 3.63) is 52.8 Å². The van der Waals surface area contributed by atoms with E-state index >= 15 is 0 Å². The van der Waals surface area contributed by atoms with Gasteiger partial charge < -0.3 is 10.1 Å². The van der Waals surface area contributed by atoms with Gasteiger partial charge in [-0.3, -0.25) is 4.79 Å². The Morgan fingerprint density at radius 2 is 1.90 bits per heavy atom. The number of benzene rings is 1. The highest BCUT2D eigenvalue weighted by Gasteiger charge is 2.12. The van der Waals surface area contributed by atoms with Crippen molar-refractivity contribution in [2.45, 2.75) is 0 Å². The van der Waals surface area contributed by atoms with Gasteiger partial charge in [-0.05, 0) is 35.4 Å². The number of carbonyl (C=O) groups is 2. The minimum Gasteiger partial charge on any atom is -0.464 e. The molecule has 0 fully saturated rings. The summed E-state index contributed by atoms with van der Waals surface area (Å²) in [5.74, 6) is -0.790. The van der Waals surface area contributed by atoms with E-state index < -0.39 is 5.97 Å². The fourth-order valence-electron chi connectivity index (χ4n) is 1.84. The number of ether oxygens (including phenoxy) is 1. The van der Waals surface area contributed by atoms with Gasteiger partial charge in [0.1, 0.15) is 5.69 Å². The lowest BCUT2D eigenvalue weighted by atomic mass is 10.0. The number of nitrogens with one attached hydrogen (secondary N) is 1. The molecule has 1 amide bonds. The standard InChI is InChI=1S/C15H13ClN2O3/c1-17-14(19)11-7-9(3-4-12(11)16)10-5-6-18-13(8-10)15(20)21-2/h3-8H,1-2H3,(H,17,19). The summed E-state index contributed by atoms with van der Waals surface area (Å²) in [6, 6.07) is 8.41. The Bertz CT molecular complexity index is 701. The first-order valence-corrected chi connectivity index (χ1v) is 6.51. The fourth-order valence-corrected chi connectivity index (χ4v) is 2.04. The summed E-state index contributed by atoms with van der Waals surface area (Å²) in [5, 5.41) is 2.89. The Labute approximate surface area is 126 Å². The first-order chi connectivity index (χ1) is 10.1. The Morgan fingerprint density at radius 1 is 1.19 bits per heavy atom. The molecule has 0 spiro atoms. The number of halogens is 1. The number of rotatable bonds is 3. The van der Waals surface area contributed by atoms with E-state index in [1.165, 1.54) is 20.4 Å². The monoisotopic (exact) mass is 304 g/mol. The molecule has 21 heavy (non-hydrogen) atoms. The Balaban J connectivity index is 2.47. The summed E-state index contributed by atoms with van der Waals surface area (Å²) in [6.45, 7) is 0. The lowest BCUT2D eigenvalue weighted by molar-refractivity contribution is 0.0594. The van der Waals surface area contributed by atoms with Gasteiger partial charge in [-0.2, -0.15) is 0 Å². The van der Waals surface area contributed by atoms with Crippen LogP contribution in [0.25, 0.3) is 11.1 Å². The molecule has 0 unspecified atom stereocenters. The predicted octanol–water partition coefficient (Wildman–Crippen LogP) is 2.55. The third kappa shape index (κ3) is 3.20. The summed E-state index contributed by atoms with van der Waals surface area (Å²) in [7, 11) is 2.83. The molecule has 108 valence electrons. The number of amides is 1. The average molecular weight is 305 g/mol. The molecule has 1 aromatic heterocycles. The van der Waals surface area contributed by atoms with Gasteiger partial charge in [-0.25, -0.2) is 9.78 Å². The van der Waals surface area contributed by atoms with Crippen molar-refractivity contribution < 1.29 is 14.3 Å². The highest BCUT2D eigenvalue weighted by Crippen LogP contribution is 2.25. The minimum absolute atomic E-state index is 0.200. The molecule has 2 aromatic rings. The number of methoxy groups -OCH3 is 1. The Hall–Kier alpha value is -2.40. The SMILES string of the molecule is CNC(=O)c1cc(-c2ccnc(C(=O)OC)c2)ccc1Cl. The first-order valence-electron chi connectivity index (χ1n) is 6.13. The zero-order valence-electron chi connectivity index (χ0n) is 11.5. The molecule has 2 rings (SSSR count). The van der Waals surface area contributed by atoms with Gasteiger partial charge in [0.15, 0.2) is 0 Å². The molecule has 6 heteroatoms. The van der Waals surface area contributed by atoms with Crippen LogP contribution in [0, 0.1) is 0 Å². The molecule has 1 heterocycles. The molecule has 0 aliphatic rings. The van der Waals surface area contributed by atoms with Gasteiger partial charge in [0.25, 0.3) is 5.91 Å². The van der Waals surface area contributed by atoms with E-state index in [-0.39, 0.29) is 11.6 Å². The first kappa shape index (κ1) is 15.0. The summed E-state index contributed by atoms with van der Waals surface area (Å²) in [6.07, 6.45) is 1.51. The van der Waals surface area contributed by atoms with Crippen LogP contribution >= 0.6 is 11.6 Å². The van der Waals surface area contributed by atoms with E-state index in [2.05, 4.69) is 15.0 Å². The van der Waals surface area contributed by atoms with Crippen molar-refractivity contribution in [2.24, 2.45) is 0 Å². The molecule has 0 atom stereocenters. The molecule has 1 aromatic carbocycles. The number of carbonyl (C=O) groups excluding carboxylic acids is 2. The van der Waals surface area contributed by atoms with Crippen molar-refractivity contribution in [2.75, 3.05) is 14.2 Å². The van der Waals surface area contributed by atoms with Crippen LogP contribution < -0.4 is 5.32 Å². The maximum Gasteiger partial charge on any atom is 0.356 e. The Kier molecular flexibility index (Phi) is 4.55. The molecule has 0 bridgehead atoms. The zero-order valence-corrected chi connectivity index (χ0v) is 12.3. The van der Waals surface area contributed by atoms with Gasteiger partial charge >= 0.3 is 5.97 Å². The van der Waals surface area contributed by atoms with Crippen LogP contribution in [0.4, 0.5) is 0 Å². The summed E-state index contributed by atoms with van der Waals surface area (Å²) >= 11 is 6.01. The molecular formula is C15H13ClN2O3. The summed E-state index contributed by atoms with van der Waals surface area (Å²) in [4.78, 5) is 27.2. The molecule has 0 saturated heterocycles. The van der Waals surface area contributed by atoms with E-state index in [4.69, 9.17) is 11.6 Å². The topological polar surface area (TPSA) is 68.3 Å². The van der Waals surface area contributed by atoms with Crippen LogP contribution in [0.2, 0.25) is 5.02 Å². The number of esters is 1. The molecule has 1 N–H and O–H groups in total. The van der Waals surface area contributed by atoms with Crippen molar-refractivity contribution >= 4 is 23.5 Å². The molecular weight excluding hydrogens is 292 g/mol. The second-order valence-corrected chi connectivity index (χ2v) is 4.60.